The summed E-state index contributed by atoms with van der Waals surface area (Å²) in [7, 11) is 0. The number of hydrogen-bond donors (Lipinski definition) is 1. The number of non-ortho nitro benzene ring substituents is 1. The Morgan fingerprint density at radius 1 is 1.50 bits per heavy atom. The Balaban J connectivity index is 2.42. The summed E-state index contributed by atoms with van der Waals surface area (Å²) in [4.78, 5) is 20.8. The second-order valence-corrected chi connectivity index (χ2v) is 3.48. The number of carboxylic acid groups (broad SMARTS) is 1. The van der Waals surface area contributed by atoms with Crippen LogP contribution in [-0.2, 0) is 11.3 Å². The van der Waals surface area contributed by atoms with Gasteiger partial charge in [0.25, 0.3) is 5.69 Å². The molecule has 0 aliphatic heterocycles. The van der Waals surface area contributed by atoms with Crippen molar-refractivity contribution < 1.29 is 14.8 Å². The minimum Gasteiger partial charge on any atom is -0.480 e. The van der Waals surface area contributed by atoms with E-state index in [0.29, 0.717) is 11.3 Å². The van der Waals surface area contributed by atoms with E-state index >= 15 is 0 Å². The molecule has 0 saturated carbocycles. The highest BCUT2D eigenvalue weighted by Crippen LogP contribution is 2.22. The van der Waals surface area contributed by atoms with Crippen molar-refractivity contribution in [1.82, 2.24) is 15.0 Å². The molecule has 0 amide bonds. The van der Waals surface area contributed by atoms with Crippen LogP contribution in [0.15, 0.2) is 30.5 Å². The van der Waals surface area contributed by atoms with Crippen molar-refractivity contribution >= 4 is 11.7 Å². The second-order valence-electron chi connectivity index (χ2n) is 3.48. The molecule has 0 unspecified atom stereocenters. The van der Waals surface area contributed by atoms with Crippen LogP contribution in [0.2, 0.25) is 0 Å². The number of hydrogen-bond acceptors (Lipinski definition) is 5. The molecule has 1 aromatic carbocycles. The summed E-state index contributed by atoms with van der Waals surface area (Å²) in [5, 5.41) is 26.6. The Morgan fingerprint density at radius 3 is 2.94 bits per heavy atom. The fourth-order valence-corrected chi connectivity index (χ4v) is 1.50. The standard InChI is InChI=1S/C10H8N4O4/c15-10(16)6-13-9(5-11-12-13)7-2-1-3-8(4-7)14(17)18/h1-5H,6H2,(H,15,16). The first-order valence-corrected chi connectivity index (χ1v) is 4.93. The molecule has 18 heavy (non-hydrogen) atoms. The second kappa shape index (κ2) is 4.62. The first kappa shape index (κ1) is 11.7. The molecule has 8 heteroatoms. The number of nitro groups is 1. The summed E-state index contributed by atoms with van der Waals surface area (Å²) in [5.74, 6) is -1.06. The predicted octanol–water partition coefficient (Wildman–Crippen LogP) is 0.938. The SMILES string of the molecule is O=C(O)Cn1nncc1-c1cccc([N+](=O)[O-])c1. The van der Waals surface area contributed by atoms with Gasteiger partial charge >= 0.3 is 5.97 Å². The zero-order valence-corrected chi connectivity index (χ0v) is 9.05. The molecule has 0 aliphatic carbocycles. The minimum atomic E-state index is -1.06. The first-order valence-electron chi connectivity index (χ1n) is 4.93. The zero-order chi connectivity index (χ0) is 13.1. The van der Waals surface area contributed by atoms with Crippen molar-refractivity contribution in [3.05, 3.63) is 40.6 Å². The summed E-state index contributed by atoms with van der Waals surface area (Å²) in [6.07, 6.45) is 1.36. The van der Waals surface area contributed by atoms with Gasteiger partial charge in [0.05, 0.1) is 16.8 Å². The average Bonchev–Trinajstić information content (AvgIpc) is 2.76. The Morgan fingerprint density at radius 2 is 2.28 bits per heavy atom. The van der Waals surface area contributed by atoms with Gasteiger partial charge in [-0.15, -0.1) is 5.10 Å². The van der Waals surface area contributed by atoms with Crippen molar-refractivity contribution in [2.75, 3.05) is 0 Å². The maximum Gasteiger partial charge on any atom is 0.325 e. The van der Waals surface area contributed by atoms with Crippen molar-refractivity contribution in [2.24, 2.45) is 0 Å². The van der Waals surface area contributed by atoms with Crippen LogP contribution in [0, 0.1) is 10.1 Å². The van der Waals surface area contributed by atoms with Crippen LogP contribution in [0.25, 0.3) is 11.3 Å². The van der Waals surface area contributed by atoms with E-state index in [2.05, 4.69) is 10.3 Å². The number of nitrogens with zero attached hydrogens (tertiary/aromatic N) is 4. The molecule has 1 N–H and O–H groups in total. The van der Waals surface area contributed by atoms with Crippen molar-refractivity contribution in [1.29, 1.82) is 0 Å². The van der Waals surface area contributed by atoms with Crippen LogP contribution in [0.4, 0.5) is 5.69 Å². The highest BCUT2D eigenvalue weighted by atomic mass is 16.6. The maximum absolute atomic E-state index is 10.7. The molecule has 0 radical (unpaired) electrons. The van der Waals surface area contributed by atoms with E-state index in [-0.39, 0.29) is 12.2 Å². The molecule has 0 bridgehead atoms. The summed E-state index contributed by atoms with van der Waals surface area (Å²) >= 11 is 0. The monoisotopic (exact) mass is 248 g/mol. The number of aromatic nitrogens is 3. The van der Waals surface area contributed by atoms with Crippen LogP contribution >= 0.6 is 0 Å². The van der Waals surface area contributed by atoms with Gasteiger partial charge in [0.15, 0.2) is 0 Å². The normalized spacial score (nSPS) is 10.2. The molecular formula is C10H8N4O4. The molecule has 1 heterocycles. The molecule has 92 valence electrons. The lowest BCUT2D eigenvalue weighted by molar-refractivity contribution is -0.384. The van der Waals surface area contributed by atoms with Crippen molar-refractivity contribution in [3.63, 3.8) is 0 Å². The van der Waals surface area contributed by atoms with E-state index in [9.17, 15) is 14.9 Å². The van der Waals surface area contributed by atoms with E-state index in [4.69, 9.17) is 5.11 Å². The van der Waals surface area contributed by atoms with Crippen LogP contribution in [-0.4, -0.2) is 31.0 Å². The van der Waals surface area contributed by atoms with Crippen LogP contribution < -0.4 is 0 Å². The molecule has 0 aliphatic rings. The topological polar surface area (TPSA) is 111 Å². The zero-order valence-electron chi connectivity index (χ0n) is 9.05. The molecule has 8 nitrogen and oxygen atoms in total. The van der Waals surface area contributed by atoms with Crippen LogP contribution in [0.3, 0.4) is 0 Å². The number of rotatable bonds is 4. The third kappa shape index (κ3) is 2.32. The molecule has 0 spiro atoms. The Hall–Kier alpha value is -2.77. The first-order chi connectivity index (χ1) is 8.58. The molecule has 0 saturated heterocycles. The minimum absolute atomic E-state index is 0.0735. The predicted molar refractivity (Wildman–Crippen MR) is 59.7 cm³/mol. The van der Waals surface area contributed by atoms with Crippen LogP contribution in [0.1, 0.15) is 0 Å². The number of aliphatic carboxylic acids is 1. The fraction of sp³-hybridized carbons (Fsp3) is 0.100. The van der Waals surface area contributed by atoms with Gasteiger partial charge in [0.2, 0.25) is 0 Å². The van der Waals surface area contributed by atoms with E-state index in [1.54, 1.807) is 6.07 Å². The Labute approximate surface area is 101 Å². The van der Waals surface area contributed by atoms with Gasteiger partial charge in [0, 0.05) is 17.7 Å². The van der Waals surface area contributed by atoms with Gasteiger partial charge in [-0.1, -0.05) is 17.3 Å². The lowest BCUT2D eigenvalue weighted by Gasteiger charge is -2.03. The van der Waals surface area contributed by atoms with Crippen molar-refractivity contribution in [3.8, 4) is 11.3 Å². The van der Waals surface area contributed by atoms with Gasteiger partial charge in [-0.3, -0.25) is 14.9 Å². The van der Waals surface area contributed by atoms with Gasteiger partial charge in [-0.2, -0.15) is 0 Å². The highest BCUT2D eigenvalue weighted by Gasteiger charge is 2.12. The third-order valence-corrected chi connectivity index (χ3v) is 2.26. The number of carboxylic acids is 1. The molecule has 2 aromatic rings. The quantitative estimate of drug-likeness (QED) is 0.636. The lowest BCUT2D eigenvalue weighted by Crippen LogP contribution is -2.11. The molecule has 0 fully saturated rings. The largest absolute Gasteiger partial charge is 0.480 e. The molecule has 2 rings (SSSR count). The number of benzene rings is 1. The van der Waals surface area contributed by atoms with Crippen molar-refractivity contribution in [2.45, 2.75) is 6.54 Å². The highest BCUT2D eigenvalue weighted by molar-refractivity contribution is 5.69. The van der Waals surface area contributed by atoms with E-state index < -0.39 is 10.9 Å². The molecular weight excluding hydrogens is 240 g/mol. The van der Waals surface area contributed by atoms with Gasteiger partial charge in [0.1, 0.15) is 6.54 Å². The van der Waals surface area contributed by atoms with Gasteiger partial charge in [-0.05, 0) is 0 Å². The smallest absolute Gasteiger partial charge is 0.325 e. The fourth-order valence-electron chi connectivity index (χ4n) is 1.50. The van der Waals surface area contributed by atoms with E-state index in [1.807, 2.05) is 0 Å². The molecule has 0 atom stereocenters. The Bertz CT molecular complexity index is 607. The van der Waals surface area contributed by atoms with E-state index in [0.717, 1.165) is 0 Å². The molecule has 1 aromatic heterocycles. The number of nitro benzene ring substituents is 1. The average molecular weight is 248 g/mol. The maximum atomic E-state index is 10.7. The summed E-state index contributed by atoms with van der Waals surface area (Å²) in [6, 6.07) is 5.85. The van der Waals surface area contributed by atoms with Gasteiger partial charge in [-0.25, -0.2) is 4.68 Å². The Kier molecular flexibility index (Phi) is 3.00. The number of carbonyl (C=O) groups is 1. The van der Waals surface area contributed by atoms with Gasteiger partial charge < -0.3 is 5.11 Å². The van der Waals surface area contributed by atoms with E-state index in [1.165, 1.54) is 29.1 Å². The summed E-state index contributed by atoms with van der Waals surface area (Å²) in [5.41, 5.74) is 0.840. The summed E-state index contributed by atoms with van der Waals surface area (Å²) < 4.78 is 1.17. The third-order valence-electron chi connectivity index (χ3n) is 2.26. The summed E-state index contributed by atoms with van der Waals surface area (Å²) in [6.45, 7) is -0.349. The van der Waals surface area contributed by atoms with Crippen LogP contribution in [0.5, 0.6) is 0 Å². The lowest BCUT2D eigenvalue weighted by atomic mass is 10.1.